The molecule has 0 radical (unpaired) electrons. The van der Waals surface area contributed by atoms with Gasteiger partial charge in [-0.1, -0.05) is 17.7 Å². The number of thiophene rings is 1. The summed E-state index contributed by atoms with van der Waals surface area (Å²) in [5.41, 5.74) is 0.603. The first kappa shape index (κ1) is 24.3. The molecule has 1 N–H and O–H groups in total. The number of nitrogens with one attached hydrogen (secondary N) is 1. The predicted octanol–water partition coefficient (Wildman–Crippen LogP) is 6.25. The number of ether oxygens (including phenoxy) is 3. The van der Waals surface area contributed by atoms with Crippen LogP contribution in [0.2, 0.25) is 5.02 Å². The van der Waals surface area contributed by atoms with Crippen molar-refractivity contribution in [1.29, 1.82) is 0 Å². The van der Waals surface area contributed by atoms with Crippen LogP contribution >= 0.6 is 22.9 Å². The molecule has 2 heterocycles. The molecule has 0 aliphatic rings. The van der Waals surface area contributed by atoms with Crippen LogP contribution in [0.5, 0.6) is 17.2 Å². The van der Waals surface area contributed by atoms with Gasteiger partial charge in [-0.2, -0.15) is 0 Å². The molecule has 0 saturated heterocycles. The van der Waals surface area contributed by atoms with E-state index < -0.39 is 11.9 Å². The fourth-order valence-electron chi connectivity index (χ4n) is 3.10. The van der Waals surface area contributed by atoms with Crippen molar-refractivity contribution in [3.05, 3.63) is 99.3 Å². The van der Waals surface area contributed by atoms with Crippen LogP contribution < -0.4 is 14.8 Å². The Morgan fingerprint density at radius 3 is 2.46 bits per heavy atom. The largest absolute Gasteiger partial charge is 0.493 e. The first-order valence-electron chi connectivity index (χ1n) is 10.6. The highest BCUT2D eigenvalue weighted by Gasteiger charge is 2.13. The van der Waals surface area contributed by atoms with Crippen molar-refractivity contribution < 1.29 is 23.8 Å². The van der Waals surface area contributed by atoms with Gasteiger partial charge < -0.3 is 19.5 Å². The third-order valence-corrected chi connectivity index (χ3v) is 6.00. The lowest BCUT2D eigenvalue weighted by Gasteiger charge is -2.12. The smallest absolute Gasteiger partial charge is 0.339 e. The SMILES string of the molecule is COC(=O)c1ccc(NC(=O)c2cc(OCCc3cccs3)cc(Oc3ccc(Cl)cc3)c2)nc1. The Morgan fingerprint density at radius 1 is 0.971 bits per heavy atom. The fraction of sp³-hybridized carbons (Fsp3) is 0.115. The molecule has 7 nitrogen and oxygen atoms in total. The molecule has 35 heavy (non-hydrogen) atoms. The molecule has 4 aromatic rings. The summed E-state index contributed by atoms with van der Waals surface area (Å²) in [7, 11) is 1.29. The van der Waals surface area contributed by atoms with Gasteiger partial charge in [-0.15, -0.1) is 11.3 Å². The summed E-state index contributed by atoms with van der Waals surface area (Å²) in [5.74, 6) is 0.857. The number of aromatic nitrogens is 1. The third-order valence-electron chi connectivity index (χ3n) is 4.82. The number of esters is 1. The van der Waals surface area contributed by atoms with Crippen molar-refractivity contribution in [2.45, 2.75) is 6.42 Å². The number of hydrogen-bond acceptors (Lipinski definition) is 7. The van der Waals surface area contributed by atoms with Crippen molar-refractivity contribution in [2.75, 3.05) is 19.0 Å². The Bertz CT molecular complexity index is 1290. The Kier molecular flexibility index (Phi) is 7.97. The zero-order valence-corrected chi connectivity index (χ0v) is 20.3. The summed E-state index contributed by atoms with van der Waals surface area (Å²) in [6.45, 7) is 0.447. The molecule has 0 spiro atoms. The summed E-state index contributed by atoms with van der Waals surface area (Å²) in [6.07, 6.45) is 2.08. The van der Waals surface area contributed by atoms with E-state index in [2.05, 4.69) is 15.0 Å². The van der Waals surface area contributed by atoms with E-state index >= 15 is 0 Å². The van der Waals surface area contributed by atoms with E-state index in [4.69, 9.17) is 21.1 Å². The number of pyridine rings is 1. The van der Waals surface area contributed by atoms with Gasteiger partial charge in [0.1, 0.15) is 23.1 Å². The molecule has 0 aliphatic heterocycles. The number of nitrogens with zero attached hydrogens (tertiary/aromatic N) is 1. The van der Waals surface area contributed by atoms with Crippen LogP contribution in [0.1, 0.15) is 25.6 Å². The molecule has 0 unspecified atom stereocenters. The number of hydrogen-bond donors (Lipinski definition) is 1. The third kappa shape index (κ3) is 6.81. The minimum Gasteiger partial charge on any atom is -0.493 e. The zero-order valence-electron chi connectivity index (χ0n) is 18.7. The molecule has 1 amide bonds. The maximum absolute atomic E-state index is 13.0. The van der Waals surface area contributed by atoms with E-state index in [1.807, 2.05) is 17.5 Å². The van der Waals surface area contributed by atoms with E-state index in [-0.39, 0.29) is 11.4 Å². The summed E-state index contributed by atoms with van der Waals surface area (Å²) in [5, 5.41) is 5.33. The van der Waals surface area contributed by atoms with Crippen molar-refractivity contribution in [2.24, 2.45) is 0 Å². The van der Waals surface area contributed by atoms with Gasteiger partial charge >= 0.3 is 5.97 Å². The summed E-state index contributed by atoms with van der Waals surface area (Å²) >= 11 is 7.62. The minimum absolute atomic E-state index is 0.283. The Balaban J connectivity index is 1.52. The number of rotatable bonds is 9. The van der Waals surface area contributed by atoms with Crippen LogP contribution in [0.4, 0.5) is 5.82 Å². The van der Waals surface area contributed by atoms with Gasteiger partial charge in [-0.25, -0.2) is 9.78 Å². The van der Waals surface area contributed by atoms with E-state index in [0.717, 1.165) is 6.42 Å². The van der Waals surface area contributed by atoms with E-state index in [1.165, 1.54) is 30.3 Å². The van der Waals surface area contributed by atoms with Crippen LogP contribution in [0.3, 0.4) is 0 Å². The first-order valence-corrected chi connectivity index (χ1v) is 11.9. The van der Waals surface area contributed by atoms with Gasteiger partial charge in [0.25, 0.3) is 5.91 Å². The highest BCUT2D eigenvalue weighted by molar-refractivity contribution is 7.09. The highest BCUT2D eigenvalue weighted by Crippen LogP contribution is 2.29. The number of benzene rings is 2. The minimum atomic E-state index is -0.508. The standard InChI is InChI=1S/C26H21ClN2O5S/c1-32-26(31)17-4-9-24(28-16-17)29-25(30)18-13-21(33-11-10-23-3-2-12-35-23)15-22(14-18)34-20-7-5-19(27)6-8-20/h2-9,12-16H,10-11H2,1H3,(H,28,29,30). The number of methoxy groups -OCH3 is 1. The second-order valence-corrected chi connectivity index (χ2v) is 8.77. The predicted molar refractivity (Wildman–Crippen MR) is 135 cm³/mol. The van der Waals surface area contributed by atoms with Crippen LogP contribution in [-0.4, -0.2) is 30.6 Å². The average Bonchev–Trinajstić information content (AvgIpc) is 3.39. The number of amides is 1. The summed E-state index contributed by atoms with van der Waals surface area (Å²) in [6, 6.07) is 19.0. The van der Waals surface area contributed by atoms with Gasteiger partial charge in [0.05, 0.1) is 19.3 Å². The molecule has 0 saturated carbocycles. The van der Waals surface area contributed by atoms with Crippen LogP contribution in [-0.2, 0) is 11.2 Å². The summed E-state index contributed by atoms with van der Waals surface area (Å²) in [4.78, 5) is 29.9. The molecule has 0 bridgehead atoms. The molecule has 0 aliphatic carbocycles. The second kappa shape index (κ2) is 11.5. The lowest BCUT2D eigenvalue weighted by atomic mass is 10.2. The monoisotopic (exact) mass is 508 g/mol. The molecule has 2 aromatic carbocycles. The summed E-state index contributed by atoms with van der Waals surface area (Å²) < 4.78 is 16.5. The van der Waals surface area contributed by atoms with E-state index in [0.29, 0.717) is 34.4 Å². The lowest BCUT2D eigenvalue weighted by Crippen LogP contribution is -2.14. The van der Waals surface area contributed by atoms with Crippen LogP contribution in [0.15, 0.2) is 78.3 Å². The molecule has 9 heteroatoms. The maximum atomic E-state index is 13.0. The maximum Gasteiger partial charge on any atom is 0.339 e. The molecular weight excluding hydrogens is 488 g/mol. The molecule has 0 fully saturated rings. The average molecular weight is 509 g/mol. The topological polar surface area (TPSA) is 86.8 Å². The highest BCUT2D eigenvalue weighted by atomic mass is 35.5. The van der Waals surface area contributed by atoms with Gasteiger partial charge in [0.2, 0.25) is 0 Å². The Hall–Kier alpha value is -3.88. The van der Waals surface area contributed by atoms with Gasteiger partial charge in [-0.05, 0) is 60.0 Å². The quantitative estimate of drug-likeness (QED) is 0.269. The lowest BCUT2D eigenvalue weighted by molar-refractivity contribution is 0.0600. The normalized spacial score (nSPS) is 10.5. The first-order chi connectivity index (χ1) is 17.0. The van der Waals surface area contributed by atoms with E-state index in [1.54, 1.807) is 53.8 Å². The number of carbonyl (C=O) groups excluding carboxylic acids is 2. The number of halogens is 1. The van der Waals surface area contributed by atoms with Gasteiger partial charge in [-0.3, -0.25) is 4.79 Å². The molecular formula is C26H21ClN2O5S. The Morgan fingerprint density at radius 2 is 1.77 bits per heavy atom. The fourth-order valence-corrected chi connectivity index (χ4v) is 3.92. The number of anilines is 1. The molecule has 178 valence electrons. The van der Waals surface area contributed by atoms with Crippen molar-refractivity contribution in [3.63, 3.8) is 0 Å². The molecule has 4 rings (SSSR count). The Labute approximate surface area is 211 Å². The van der Waals surface area contributed by atoms with Crippen molar-refractivity contribution >= 4 is 40.6 Å². The molecule has 2 aromatic heterocycles. The molecule has 0 atom stereocenters. The van der Waals surface area contributed by atoms with Crippen molar-refractivity contribution in [3.8, 4) is 17.2 Å². The zero-order chi connectivity index (χ0) is 24.6. The van der Waals surface area contributed by atoms with E-state index in [9.17, 15) is 9.59 Å². The van der Waals surface area contributed by atoms with Crippen LogP contribution in [0, 0.1) is 0 Å². The van der Waals surface area contributed by atoms with Gasteiger partial charge in [0, 0.05) is 34.1 Å². The van der Waals surface area contributed by atoms with Crippen LogP contribution in [0.25, 0.3) is 0 Å². The van der Waals surface area contributed by atoms with Crippen molar-refractivity contribution in [1.82, 2.24) is 4.98 Å². The second-order valence-electron chi connectivity index (χ2n) is 7.30. The van der Waals surface area contributed by atoms with Gasteiger partial charge in [0.15, 0.2) is 0 Å². The number of carbonyl (C=O) groups is 2.